The van der Waals surface area contributed by atoms with E-state index in [1.165, 1.54) is 6.92 Å². The third-order valence-electron chi connectivity index (χ3n) is 3.07. The zero-order valence-corrected chi connectivity index (χ0v) is 9.93. The minimum Gasteiger partial charge on any atom is -0.480 e. The number of rotatable bonds is 5. The Morgan fingerprint density at radius 2 is 2.22 bits per heavy atom. The summed E-state index contributed by atoms with van der Waals surface area (Å²) in [5, 5.41) is 12.5. The Balaban J connectivity index is 2.37. The fourth-order valence-electron chi connectivity index (χ4n) is 1.98. The molecule has 0 radical (unpaired) electrons. The number of aromatic nitrogens is 1. The van der Waals surface area contributed by atoms with Gasteiger partial charge in [-0.25, -0.2) is 4.79 Å². The van der Waals surface area contributed by atoms with Gasteiger partial charge in [0.1, 0.15) is 5.54 Å². The van der Waals surface area contributed by atoms with Gasteiger partial charge in [-0.3, -0.25) is 4.79 Å². The summed E-state index contributed by atoms with van der Waals surface area (Å²) < 4.78 is 0. The molecule has 1 unspecified atom stereocenters. The molecule has 5 heteroatoms. The van der Waals surface area contributed by atoms with E-state index in [1.807, 2.05) is 24.3 Å². The number of benzene rings is 1. The number of H-pyrrole nitrogens is 1. The van der Waals surface area contributed by atoms with Crippen molar-refractivity contribution in [3.8, 4) is 0 Å². The molecule has 1 aromatic carbocycles. The first-order chi connectivity index (χ1) is 8.57. The van der Waals surface area contributed by atoms with Crippen LogP contribution in [0.2, 0.25) is 0 Å². The Morgan fingerprint density at radius 3 is 2.89 bits per heavy atom. The van der Waals surface area contributed by atoms with Crippen LogP contribution in [0.5, 0.6) is 0 Å². The SMILES string of the molecule is CC(Cc1c[nH]c2ccccc12)(NC=O)C(=O)O. The van der Waals surface area contributed by atoms with Gasteiger partial charge in [-0.1, -0.05) is 18.2 Å². The Hall–Kier alpha value is -2.30. The molecule has 0 saturated heterocycles. The second-order valence-electron chi connectivity index (χ2n) is 4.44. The Morgan fingerprint density at radius 1 is 1.50 bits per heavy atom. The lowest BCUT2D eigenvalue weighted by atomic mass is 9.93. The largest absolute Gasteiger partial charge is 0.480 e. The second kappa shape index (κ2) is 4.52. The van der Waals surface area contributed by atoms with Crippen LogP contribution < -0.4 is 5.32 Å². The summed E-state index contributed by atoms with van der Waals surface area (Å²) in [4.78, 5) is 24.9. The van der Waals surface area contributed by atoms with Crippen molar-refractivity contribution in [3.63, 3.8) is 0 Å². The normalized spacial score (nSPS) is 14.1. The number of amides is 1. The fourth-order valence-corrected chi connectivity index (χ4v) is 1.98. The third kappa shape index (κ3) is 2.07. The minimum absolute atomic E-state index is 0.227. The van der Waals surface area contributed by atoms with Crippen molar-refractivity contribution >= 4 is 23.3 Å². The van der Waals surface area contributed by atoms with Crippen molar-refractivity contribution in [2.75, 3.05) is 0 Å². The van der Waals surface area contributed by atoms with Crippen LogP contribution >= 0.6 is 0 Å². The fraction of sp³-hybridized carbons (Fsp3) is 0.231. The van der Waals surface area contributed by atoms with E-state index in [0.717, 1.165) is 16.5 Å². The molecule has 1 amide bonds. The zero-order valence-electron chi connectivity index (χ0n) is 9.93. The van der Waals surface area contributed by atoms with Crippen LogP contribution in [0.15, 0.2) is 30.5 Å². The van der Waals surface area contributed by atoms with Crippen LogP contribution in [0, 0.1) is 0 Å². The van der Waals surface area contributed by atoms with Gasteiger partial charge in [0.25, 0.3) is 0 Å². The standard InChI is InChI=1S/C13H14N2O3/c1-13(12(17)18,15-8-16)6-9-7-14-11-5-3-2-4-10(9)11/h2-5,7-8,14H,6H2,1H3,(H,15,16)(H,17,18). The minimum atomic E-state index is -1.30. The molecule has 94 valence electrons. The number of carboxylic acid groups (broad SMARTS) is 1. The van der Waals surface area contributed by atoms with Crippen molar-refractivity contribution < 1.29 is 14.7 Å². The van der Waals surface area contributed by atoms with Crippen LogP contribution in [-0.4, -0.2) is 28.0 Å². The van der Waals surface area contributed by atoms with Crippen LogP contribution in [0.25, 0.3) is 10.9 Å². The van der Waals surface area contributed by atoms with Gasteiger partial charge in [0.2, 0.25) is 6.41 Å². The predicted octanol–water partition coefficient (Wildman–Crippen LogP) is 1.30. The maximum Gasteiger partial charge on any atom is 0.329 e. The zero-order chi connectivity index (χ0) is 13.2. The third-order valence-corrected chi connectivity index (χ3v) is 3.07. The van der Waals surface area contributed by atoms with E-state index in [1.54, 1.807) is 6.20 Å². The van der Waals surface area contributed by atoms with E-state index in [0.29, 0.717) is 6.41 Å². The summed E-state index contributed by atoms with van der Waals surface area (Å²) in [5.41, 5.74) is 0.517. The second-order valence-corrected chi connectivity index (χ2v) is 4.44. The number of carbonyl (C=O) groups excluding carboxylic acids is 1. The molecule has 2 rings (SSSR count). The number of para-hydroxylation sites is 1. The highest BCUT2D eigenvalue weighted by molar-refractivity contribution is 5.86. The average molecular weight is 246 g/mol. The number of nitrogens with one attached hydrogen (secondary N) is 2. The number of carbonyl (C=O) groups is 2. The molecule has 0 spiro atoms. The van der Waals surface area contributed by atoms with Crippen molar-refractivity contribution in [2.24, 2.45) is 0 Å². The summed E-state index contributed by atoms with van der Waals surface area (Å²) in [5.74, 6) is -1.06. The van der Waals surface area contributed by atoms with E-state index in [4.69, 9.17) is 0 Å². The highest BCUT2D eigenvalue weighted by Gasteiger charge is 2.33. The highest BCUT2D eigenvalue weighted by Crippen LogP contribution is 2.22. The first-order valence-electron chi connectivity index (χ1n) is 5.56. The molecule has 1 heterocycles. The van der Waals surface area contributed by atoms with Gasteiger partial charge in [0.05, 0.1) is 0 Å². The summed E-state index contributed by atoms with van der Waals surface area (Å²) in [7, 11) is 0. The lowest BCUT2D eigenvalue weighted by molar-refractivity contribution is -0.145. The summed E-state index contributed by atoms with van der Waals surface area (Å²) in [6.45, 7) is 1.49. The first kappa shape index (κ1) is 12.2. The summed E-state index contributed by atoms with van der Waals surface area (Å²) >= 11 is 0. The van der Waals surface area contributed by atoms with Crippen LogP contribution in [0.4, 0.5) is 0 Å². The molecule has 0 aliphatic carbocycles. The van der Waals surface area contributed by atoms with Gasteiger partial charge >= 0.3 is 5.97 Å². The average Bonchev–Trinajstić information content (AvgIpc) is 2.73. The highest BCUT2D eigenvalue weighted by atomic mass is 16.4. The molecule has 2 aromatic rings. The van der Waals surface area contributed by atoms with Crippen LogP contribution in [0.3, 0.4) is 0 Å². The van der Waals surface area contributed by atoms with Gasteiger partial charge in [0.15, 0.2) is 0 Å². The molecule has 0 saturated carbocycles. The van der Waals surface area contributed by atoms with Crippen molar-refractivity contribution in [2.45, 2.75) is 18.9 Å². The topological polar surface area (TPSA) is 82.2 Å². The molecule has 0 fully saturated rings. The molecule has 18 heavy (non-hydrogen) atoms. The molecule has 0 aliphatic rings. The van der Waals surface area contributed by atoms with E-state index in [9.17, 15) is 14.7 Å². The van der Waals surface area contributed by atoms with Gasteiger partial charge in [-0.05, 0) is 18.6 Å². The molecule has 5 nitrogen and oxygen atoms in total. The number of aliphatic carboxylic acids is 1. The number of aromatic amines is 1. The first-order valence-corrected chi connectivity index (χ1v) is 5.56. The van der Waals surface area contributed by atoms with Crippen molar-refractivity contribution in [1.82, 2.24) is 10.3 Å². The smallest absolute Gasteiger partial charge is 0.329 e. The lowest BCUT2D eigenvalue weighted by Crippen LogP contribution is -2.50. The molecule has 3 N–H and O–H groups in total. The Bertz CT molecular complexity index is 591. The van der Waals surface area contributed by atoms with Crippen LogP contribution in [-0.2, 0) is 16.0 Å². The Labute approximate surface area is 104 Å². The molecular formula is C13H14N2O3. The van der Waals surface area contributed by atoms with Crippen molar-refractivity contribution in [3.05, 3.63) is 36.0 Å². The van der Waals surface area contributed by atoms with E-state index < -0.39 is 11.5 Å². The number of carboxylic acids is 1. The molecular weight excluding hydrogens is 232 g/mol. The number of hydrogen-bond donors (Lipinski definition) is 3. The number of hydrogen-bond acceptors (Lipinski definition) is 2. The van der Waals surface area contributed by atoms with E-state index in [2.05, 4.69) is 10.3 Å². The van der Waals surface area contributed by atoms with Crippen LogP contribution in [0.1, 0.15) is 12.5 Å². The lowest BCUT2D eigenvalue weighted by Gasteiger charge is -2.23. The summed E-state index contributed by atoms with van der Waals surface area (Å²) in [6, 6.07) is 7.64. The van der Waals surface area contributed by atoms with Gasteiger partial charge in [-0.2, -0.15) is 0 Å². The quantitative estimate of drug-likeness (QED) is 0.695. The van der Waals surface area contributed by atoms with Gasteiger partial charge in [0, 0.05) is 23.5 Å². The molecule has 1 atom stereocenters. The van der Waals surface area contributed by atoms with Gasteiger partial charge in [-0.15, -0.1) is 0 Å². The maximum atomic E-state index is 11.2. The molecule has 0 bridgehead atoms. The Kier molecular flexibility index (Phi) is 3.06. The van der Waals surface area contributed by atoms with Gasteiger partial charge < -0.3 is 15.4 Å². The van der Waals surface area contributed by atoms with Crippen molar-refractivity contribution in [1.29, 1.82) is 0 Å². The number of fused-ring (bicyclic) bond motifs is 1. The summed E-state index contributed by atoms with van der Waals surface area (Å²) in [6.07, 6.45) is 2.42. The molecule has 1 aromatic heterocycles. The van der Waals surface area contributed by atoms with E-state index >= 15 is 0 Å². The maximum absolute atomic E-state index is 11.2. The molecule has 0 aliphatic heterocycles. The van der Waals surface area contributed by atoms with E-state index in [-0.39, 0.29) is 6.42 Å². The monoisotopic (exact) mass is 246 g/mol. The predicted molar refractivity (Wildman–Crippen MR) is 67.2 cm³/mol.